The highest BCUT2D eigenvalue weighted by Gasteiger charge is 2.64. The third-order valence-corrected chi connectivity index (χ3v) is 9.45. The molecule has 1 spiro atoms. The molecule has 2 aromatic heterocycles. The number of hydrogen-bond acceptors (Lipinski definition) is 8. The Balaban J connectivity index is 1.58. The summed E-state index contributed by atoms with van der Waals surface area (Å²) in [5.41, 5.74) is 2.46. The highest BCUT2D eigenvalue weighted by atomic mass is 32.2. The van der Waals surface area contributed by atoms with Gasteiger partial charge in [0.2, 0.25) is 5.50 Å². The van der Waals surface area contributed by atoms with Crippen LogP contribution in [0.2, 0.25) is 0 Å². The van der Waals surface area contributed by atoms with Crippen LogP contribution in [-0.2, 0) is 15.4 Å². The number of nitriles is 1. The molecule has 174 valence electrons. The number of rotatable bonds is 3. The zero-order valence-electron chi connectivity index (χ0n) is 18.1. The minimum Gasteiger partial charge on any atom is -0.386 e. The van der Waals surface area contributed by atoms with Gasteiger partial charge in [0.25, 0.3) is 0 Å². The number of nitrogens with zero attached hydrogens (tertiary/aromatic N) is 4. The van der Waals surface area contributed by atoms with Gasteiger partial charge in [0.15, 0.2) is 15.7 Å². The Morgan fingerprint density at radius 2 is 2.00 bits per heavy atom. The van der Waals surface area contributed by atoms with Crippen molar-refractivity contribution < 1.29 is 17.2 Å². The average Bonchev–Trinajstić information content (AvgIpc) is 2.77. The van der Waals surface area contributed by atoms with Crippen LogP contribution in [0.5, 0.6) is 0 Å². The minimum atomic E-state index is -4.35. The van der Waals surface area contributed by atoms with Crippen molar-refractivity contribution in [2.45, 2.75) is 42.0 Å². The zero-order chi connectivity index (χ0) is 24.3. The van der Waals surface area contributed by atoms with Gasteiger partial charge in [-0.05, 0) is 56.5 Å². The molecule has 3 N–H and O–H groups in total. The summed E-state index contributed by atoms with van der Waals surface area (Å²) < 4.78 is 55.2. The van der Waals surface area contributed by atoms with E-state index < -0.39 is 31.4 Å². The van der Waals surface area contributed by atoms with Gasteiger partial charge in [-0.2, -0.15) is 5.26 Å². The number of nitrogens with two attached hydrogens (primary N) is 1. The molecular formula is C23H20F2N6O2S. The Kier molecular flexibility index (Phi) is 4.84. The number of sulfone groups is 1. The van der Waals surface area contributed by atoms with Crippen LogP contribution in [0.3, 0.4) is 0 Å². The molecule has 1 fully saturated rings. The van der Waals surface area contributed by atoms with E-state index in [-0.39, 0.29) is 24.2 Å². The first-order valence-corrected chi connectivity index (χ1v) is 12.1. The SMILES string of the molecule is CC1(c2cc(Nc3nccc4cc(C#N)cnc34)ccc2F)N=C(N)C2(CCC2)S(=O)(=O)C1F. The molecule has 8 nitrogen and oxygen atoms in total. The van der Waals surface area contributed by atoms with E-state index in [1.54, 1.807) is 12.1 Å². The van der Waals surface area contributed by atoms with Gasteiger partial charge < -0.3 is 11.1 Å². The van der Waals surface area contributed by atoms with Gasteiger partial charge in [0.1, 0.15) is 33.5 Å². The maximum absolute atomic E-state index is 15.6. The number of aromatic nitrogens is 2. The number of fused-ring (bicyclic) bond motifs is 1. The summed E-state index contributed by atoms with van der Waals surface area (Å²) in [6, 6.07) is 9.19. The monoisotopic (exact) mass is 482 g/mol. The van der Waals surface area contributed by atoms with Crippen molar-refractivity contribution in [3.05, 3.63) is 59.7 Å². The van der Waals surface area contributed by atoms with Gasteiger partial charge in [0.05, 0.1) is 5.56 Å². The molecule has 2 atom stereocenters. The molecule has 2 aliphatic rings. The largest absolute Gasteiger partial charge is 0.386 e. The van der Waals surface area contributed by atoms with Crippen LogP contribution in [0.4, 0.5) is 20.3 Å². The number of benzene rings is 1. The maximum atomic E-state index is 15.6. The van der Waals surface area contributed by atoms with E-state index in [0.717, 1.165) is 6.07 Å². The standard InChI is InChI=1S/C23H20F2N6O2S/c1-22(20(25)34(32,33)23(6-2-7-23)21(27)31-22)16-10-15(3-4-17(16)24)30-19-18-14(5-8-28-19)9-13(11-26)12-29-18/h3-5,8-10,12,20H,2,6-7H2,1H3,(H2,27,31)(H,28,30). The minimum absolute atomic E-state index is 0.180. The predicted molar refractivity (Wildman–Crippen MR) is 123 cm³/mol. The number of anilines is 2. The van der Waals surface area contributed by atoms with Crippen molar-refractivity contribution in [1.82, 2.24) is 9.97 Å². The van der Waals surface area contributed by atoms with E-state index >= 15 is 4.39 Å². The normalized spacial score (nSPS) is 24.8. The van der Waals surface area contributed by atoms with Crippen molar-refractivity contribution in [3.8, 4) is 6.07 Å². The van der Waals surface area contributed by atoms with Crippen molar-refractivity contribution >= 4 is 38.1 Å². The van der Waals surface area contributed by atoms with Gasteiger partial charge in [-0.15, -0.1) is 0 Å². The number of pyridine rings is 2. The summed E-state index contributed by atoms with van der Waals surface area (Å²) >= 11 is 0. The Hall–Kier alpha value is -3.65. The molecule has 1 saturated carbocycles. The molecule has 0 amide bonds. The fraction of sp³-hybridized carbons (Fsp3) is 0.304. The first kappa shape index (κ1) is 22.2. The number of aliphatic imine (C=N–C) groups is 1. The lowest BCUT2D eigenvalue weighted by Crippen LogP contribution is -2.64. The molecule has 1 aliphatic carbocycles. The summed E-state index contributed by atoms with van der Waals surface area (Å²) in [7, 11) is -4.35. The molecule has 0 saturated heterocycles. The highest BCUT2D eigenvalue weighted by Crippen LogP contribution is 2.51. The quantitative estimate of drug-likeness (QED) is 0.582. The first-order chi connectivity index (χ1) is 16.1. The molecule has 1 aliphatic heterocycles. The molecule has 2 unspecified atom stereocenters. The lowest BCUT2D eigenvalue weighted by atomic mass is 9.82. The summed E-state index contributed by atoms with van der Waals surface area (Å²) in [4.78, 5) is 12.8. The fourth-order valence-electron chi connectivity index (χ4n) is 4.61. The van der Waals surface area contributed by atoms with E-state index in [1.807, 2.05) is 6.07 Å². The van der Waals surface area contributed by atoms with E-state index in [0.29, 0.717) is 34.4 Å². The maximum Gasteiger partial charge on any atom is 0.230 e. The number of halogens is 2. The molecule has 0 bridgehead atoms. The predicted octanol–water partition coefficient (Wildman–Crippen LogP) is 3.60. The number of hydrogen-bond donors (Lipinski definition) is 2. The number of nitrogens with one attached hydrogen (secondary N) is 1. The summed E-state index contributed by atoms with van der Waals surface area (Å²) in [6.07, 6.45) is 3.94. The average molecular weight is 483 g/mol. The molecule has 11 heteroatoms. The van der Waals surface area contributed by atoms with Crippen LogP contribution in [0.15, 0.2) is 47.7 Å². The van der Waals surface area contributed by atoms with E-state index in [9.17, 15) is 12.8 Å². The third kappa shape index (κ3) is 2.98. The van der Waals surface area contributed by atoms with Crippen molar-refractivity contribution in [1.29, 1.82) is 5.26 Å². The molecule has 0 radical (unpaired) electrons. The van der Waals surface area contributed by atoms with E-state index in [1.165, 1.54) is 31.5 Å². The summed E-state index contributed by atoms with van der Waals surface area (Å²) in [5, 5.41) is 12.8. The van der Waals surface area contributed by atoms with Crippen LogP contribution in [0, 0.1) is 17.1 Å². The fourth-order valence-corrected chi connectivity index (χ4v) is 6.98. The second kappa shape index (κ2) is 7.43. The molecular weight excluding hydrogens is 462 g/mol. The van der Waals surface area contributed by atoms with Crippen LogP contribution in [0.1, 0.15) is 37.3 Å². The van der Waals surface area contributed by atoms with Crippen LogP contribution >= 0.6 is 0 Å². The number of amidine groups is 1. The van der Waals surface area contributed by atoms with Crippen molar-refractivity contribution in [3.63, 3.8) is 0 Å². The van der Waals surface area contributed by atoms with Gasteiger partial charge in [0, 0.05) is 29.0 Å². The van der Waals surface area contributed by atoms with Gasteiger partial charge in [-0.25, -0.2) is 22.2 Å². The molecule has 1 aromatic carbocycles. The smallest absolute Gasteiger partial charge is 0.230 e. The molecule has 3 aromatic rings. The molecule has 3 heterocycles. The Bertz CT molecular complexity index is 1510. The lowest BCUT2D eigenvalue weighted by molar-refractivity contribution is 0.253. The Labute approximate surface area is 194 Å². The van der Waals surface area contributed by atoms with Crippen LogP contribution in [-0.4, -0.2) is 34.5 Å². The number of alkyl halides is 1. The molecule has 34 heavy (non-hydrogen) atoms. The van der Waals surface area contributed by atoms with Crippen molar-refractivity contribution in [2.24, 2.45) is 10.7 Å². The summed E-state index contributed by atoms with van der Waals surface area (Å²) in [5.74, 6) is -0.662. The van der Waals surface area contributed by atoms with Crippen molar-refractivity contribution in [2.75, 3.05) is 5.32 Å². The lowest BCUT2D eigenvalue weighted by Gasteiger charge is -2.48. The van der Waals surface area contributed by atoms with Crippen LogP contribution < -0.4 is 11.1 Å². The summed E-state index contributed by atoms with van der Waals surface area (Å²) in [6.45, 7) is 1.23. The Morgan fingerprint density at radius 1 is 1.24 bits per heavy atom. The van der Waals surface area contributed by atoms with Gasteiger partial charge in [-0.3, -0.25) is 9.98 Å². The molecule has 5 rings (SSSR count). The first-order valence-electron chi connectivity index (χ1n) is 10.6. The van der Waals surface area contributed by atoms with E-state index in [2.05, 4.69) is 20.3 Å². The topological polar surface area (TPSA) is 134 Å². The second-order valence-corrected chi connectivity index (χ2v) is 11.0. The van der Waals surface area contributed by atoms with Gasteiger partial charge in [-0.1, -0.05) is 0 Å². The third-order valence-electron chi connectivity index (χ3n) is 6.74. The Morgan fingerprint density at radius 3 is 2.68 bits per heavy atom. The van der Waals surface area contributed by atoms with Gasteiger partial charge >= 0.3 is 0 Å². The van der Waals surface area contributed by atoms with E-state index in [4.69, 9.17) is 11.0 Å². The van der Waals surface area contributed by atoms with Crippen LogP contribution in [0.25, 0.3) is 10.9 Å². The highest BCUT2D eigenvalue weighted by molar-refractivity contribution is 7.94. The second-order valence-electron chi connectivity index (χ2n) is 8.74. The zero-order valence-corrected chi connectivity index (χ0v) is 18.9.